The Bertz CT molecular complexity index is 1060. The van der Waals surface area contributed by atoms with Gasteiger partial charge < -0.3 is 4.90 Å². The summed E-state index contributed by atoms with van der Waals surface area (Å²) in [4.78, 5) is 22.8. The van der Waals surface area contributed by atoms with E-state index >= 15 is 0 Å². The fraction of sp³-hybridized carbons (Fsp3) is 0.222. The van der Waals surface area contributed by atoms with Crippen LogP contribution in [0.4, 0.5) is 28.4 Å². The van der Waals surface area contributed by atoms with E-state index < -0.39 is 21.2 Å². The summed E-state index contributed by atoms with van der Waals surface area (Å²) in [5, 5.41) is 49.5. The lowest BCUT2D eigenvalue weighted by molar-refractivity contribution is -0.395. The van der Waals surface area contributed by atoms with Gasteiger partial charge in [-0.3, -0.25) is 20.2 Å². The maximum Gasteiger partial charge on any atom is 0.303 e. The molecule has 2 aromatic carbocycles. The van der Waals surface area contributed by atoms with Crippen LogP contribution in [0.3, 0.4) is 0 Å². The number of thiocyanates is 1. The number of rotatable bonds is 9. The van der Waals surface area contributed by atoms with Gasteiger partial charge in [-0.1, -0.05) is 0 Å². The van der Waals surface area contributed by atoms with E-state index in [1.165, 1.54) is 0 Å². The zero-order valence-corrected chi connectivity index (χ0v) is 16.6. The molecular formula is C18H15N7O4S. The van der Waals surface area contributed by atoms with Gasteiger partial charge >= 0.3 is 5.69 Å². The van der Waals surface area contributed by atoms with Crippen molar-refractivity contribution in [3.63, 3.8) is 0 Å². The number of nitrogens with zero attached hydrogens (tertiary/aromatic N) is 7. The molecule has 0 aliphatic rings. The van der Waals surface area contributed by atoms with Crippen molar-refractivity contribution in [1.82, 2.24) is 0 Å². The first-order valence-corrected chi connectivity index (χ1v) is 9.39. The predicted molar refractivity (Wildman–Crippen MR) is 110 cm³/mol. The quantitative estimate of drug-likeness (QED) is 0.173. The number of nitriles is 2. The van der Waals surface area contributed by atoms with Crippen molar-refractivity contribution in [1.29, 1.82) is 10.5 Å². The molecule has 0 spiro atoms. The van der Waals surface area contributed by atoms with Gasteiger partial charge in [-0.05, 0) is 49.0 Å². The first kappa shape index (κ1) is 22.3. The van der Waals surface area contributed by atoms with Gasteiger partial charge in [0.15, 0.2) is 5.69 Å². The van der Waals surface area contributed by atoms with Gasteiger partial charge in [-0.25, -0.2) is 0 Å². The molecule has 0 fully saturated rings. The fourth-order valence-electron chi connectivity index (χ4n) is 2.54. The summed E-state index contributed by atoms with van der Waals surface area (Å²) in [6, 6.07) is 10.9. The number of nitro benzene ring substituents is 2. The number of hydrogen-bond donors (Lipinski definition) is 0. The van der Waals surface area contributed by atoms with Gasteiger partial charge in [0.1, 0.15) is 10.3 Å². The first-order valence-electron chi connectivity index (χ1n) is 8.57. The summed E-state index contributed by atoms with van der Waals surface area (Å²) >= 11 is 0.512. The molecule has 12 heteroatoms. The molecule has 0 saturated heterocycles. The van der Waals surface area contributed by atoms with Crippen molar-refractivity contribution in [2.24, 2.45) is 10.2 Å². The van der Waals surface area contributed by atoms with Gasteiger partial charge in [0.2, 0.25) is 0 Å². The largest absolute Gasteiger partial charge is 0.371 e. The Morgan fingerprint density at radius 1 is 1.07 bits per heavy atom. The molecule has 0 aromatic heterocycles. The van der Waals surface area contributed by atoms with E-state index in [-0.39, 0.29) is 10.6 Å². The molecule has 0 aliphatic carbocycles. The molecule has 0 unspecified atom stereocenters. The lowest BCUT2D eigenvalue weighted by atomic mass is 10.2. The van der Waals surface area contributed by atoms with Crippen LogP contribution < -0.4 is 4.90 Å². The van der Waals surface area contributed by atoms with Gasteiger partial charge in [-0.15, -0.1) is 5.11 Å². The fourth-order valence-corrected chi connectivity index (χ4v) is 3.05. The van der Waals surface area contributed by atoms with Crippen molar-refractivity contribution in [2.45, 2.75) is 18.2 Å². The summed E-state index contributed by atoms with van der Waals surface area (Å²) in [5.74, 6) is 0. The third-order valence-corrected chi connectivity index (χ3v) is 4.61. The molecule has 0 N–H and O–H groups in total. The molecule has 11 nitrogen and oxygen atoms in total. The van der Waals surface area contributed by atoms with Crippen LogP contribution >= 0.6 is 11.8 Å². The second kappa shape index (κ2) is 10.5. The van der Waals surface area contributed by atoms with E-state index in [1.807, 2.05) is 11.8 Å². The van der Waals surface area contributed by atoms with Crippen LogP contribution in [-0.2, 0) is 0 Å². The van der Waals surface area contributed by atoms with E-state index in [0.29, 0.717) is 30.4 Å². The lowest BCUT2D eigenvalue weighted by Gasteiger charge is -2.21. The molecule has 0 heterocycles. The number of nitro groups is 2. The molecule has 0 saturated carbocycles. The smallest absolute Gasteiger partial charge is 0.303 e. The minimum atomic E-state index is -0.794. The van der Waals surface area contributed by atoms with Crippen LogP contribution in [0, 0.1) is 42.2 Å². The molecule has 2 aromatic rings. The van der Waals surface area contributed by atoms with Gasteiger partial charge in [0.05, 0.1) is 34.1 Å². The standard InChI is InChI=1S/C18H15N7O4S/c1-2-23(9-3-8-19)14-6-4-13(5-7-14)21-22-15-10-18(30-12-20)17(25(28)29)11-16(15)24(26)27/h4-7,10-11H,2-3,9H2,1H3. The number of benzene rings is 2. The Balaban J connectivity index is 2.35. The third-order valence-electron chi connectivity index (χ3n) is 3.97. The van der Waals surface area contributed by atoms with Crippen LogP contribution in [0.1, 0.15) is 13.3 Å². The number of thioether (sulfide) groups is 1. The highest BCUT2D eigenvalue weighted by Gasteiger charge is 2.25. The maximum atomic E-state index is 11.3. The molecule has 0 radical (unpaired) electrons. The van der Waals surface area contributed by atoms with Crippen molar-refractivity contribution in [3.05, 3.63) is 56.6 Å². The molecule has 0 bridgehead atoms. The third kappa shape index (κ3) is 5.50. The number of hydrogen-bond acceptors (Lipinski definition) is 10. The lowest BCUT2D eigenvalue weighted by Crippen LogP contribution is -2.23. The van der Waals surface area contributed by atoms with E-state index in [9.17, 15) is 20.2 Å². The minimum Gasteiger partial charge on any atom is -0.371 e. The second-order valence-electron chi connectivity index (χ2n) is 5.72. The Morgan fingerprint density at radius 3 is 2.27 bits per heavy atom. The molecule has 30 heavy (non-hydrogen) atoms. The van der Waals surface area contributed by atoms with Crippen molar-refractivity contribution in [3.8, 4) is 11.5 Å². The molecule has 2 rings (SSSR count). The molecular weight excluding hydrogens is 410 g/mol. The summed E-state index contributed by atoms with van der Waals surface area (Å²) < 4.78 is 0. The van der Waals surface area contributed by atoms with Gasteiger partial charge in [0, 0.05) is 18.8 Å². The van der Waals surface area contributed by atoms with Crippen LogP contribution in [0.15, 0.2) is 51.5 Å². The average molecular weight is 425 g/mol. The van der Waals surface area contributed by atoms with Crippen LogP contribution in [-0.4, -0.2) is 22.9 Å². The van der Waals surface area contributed by atoms with Gasteiger partial charge in [-0.2, -0.15) is 15.6 Å². The van der Waals surface area contributed by atoms with Crippen molar-refractivity contribution < 1.29 is 9.85 Å². The Kier molecular flexibility index (Phi) is 7.79. The highest BCUT2D eigenvalue weighted by Crippen LogP contribution is 2.39. The first-order chi connectivity index (χ1) is 14.4. The summed E-state index contributed by atoms with van der Waals surface area (Å²) in [5.41, 5.74) is -0.0267. The summed E-state index contributed by atoms with van der Waals surface area (Å²) in [6.45, 7) is 3.27. The Hall–Kier alpha value is -4.03. The summed E-state index contributed by atoms with van der Waals surface area (Å²) in [6.07, 6.45) is 0.391. The molecule has 0 atom stereocenters. The zero-order chi connectivity index (χ0) is 22.1. The Labute approximate surface area is 175 Å². The van der Waals surface area contributed by atoms with Gasteiger partial charge in [0.25, 0.3) is 5.69 Å². The zero-order valence-electron chi connectivity index (χ0n) is 15.8. The van der Waals surface area contributed by atoms with E-state index in [4.69, 9.17) is 10.5 Å². The van der Waals surface area contributed by atoms with E-state index in [1.54, 1.807) is 29.7 Å². The Morgan fingerprint density at radius 2 is 1.73 bits per heavy atom. The molecule has 0 aliphatic heterocycles. The number of anilines is 1. The maximum absolute atomic E-state index is 11.3. The topological polar surface area (TPSA) is 162 Å². The highest BCUT2D eigenvalue weighted by molar-refractivity contribution is 8.03. The van der Waals surface area contributed by atoms with Crippen molar-refractivity contribution in [2.75, 3.05) is 18.0 Å². The normalized spacial score (nSPS) is 10.4. The molecule has 0 amide bonds. The van der Waals surface area contributed by atoms with Crippen molar-refractivity contribution >= 4 is 40.2 Å². The van der Waals surface area contributed by atoms with Crippen LogP contribution in [0.2, 0.25) is 0 Å². The number of azo groups is 1. The predicted octanol–water partition coefficient (Wildman–Crippen LogP) is 5.23. The second-order valence-corrected chi connectivity index (χ2v) is 6.55. The average Bonchev–Trinajstić information content (AvgIpc) is 2.73. The minimum absolute atomic E-state index is 0.0616. The SMILES string of the molecule is CCN(CCC#N)c1ccc(N=Nc2cc(SC#N)c([N+](=O)[O-])cc2[N+](=O)[O-])cc1. The highest BCUT2D eigenvalue weighted by atomic mass is 32.2. The van der Waals surface area contributed by atoms with E-state index in [0.717, 1.165) is 24.4 Å². The van der Waals surface area contributed by atoms with E-state index in [2.05, 4.69) is 16.3 Å². The monoisotopic (exact) mass is 425 g/mol. The van der Waals surface area contributed by atoms with Crippen LogP contribution in [0.5, 0.6) is 0 Å². The summed E-state index contributed by atoms with van der Waals surface area (Å²) in [7, 11) is 0. The van der Waals surface area contributed by atoms with Crippen LogP contribution in [0.25, 0.3) is 0 Å². The molecule has 152 valence electrons.